The summed E-state index contributed by atoms with van der Waals surface area (Å²) in [6, 6.07) is 6.12. The molecular formula is C14H19N3O3. The van der Waals surface area contributed by atoms with Gasteiger partial charge in [0.05, 0.1) is 4.92 Å². The highest BCUT2D eigenvalue weighted by Crippen LogP contribution is 2.19. The molecule has 1 aliphatic rings. The molecule has 0 unspecified atom stereocenters. The van der Waals surface area contributed by atoms with Crippen LogP contribution in [-0.2, 0) is 0 Å². The first kappa shape index (κ1) is 14.5. The summed E-state index contributed by atoms with van der Waals surface area (Å²) in [5.41, 5.74) is 0.327. The van der Waals surface area contributed by atoms with Crippen LogP contribution in [-0.4, -0.2) is 53.9 Å². The second-order valence-corrected chi connectivity index (χ2v) is 5.26. The number of nitro groups is 1. The second-order valence-electron chi connectivity index (χ2n) is 5.26. The highest BCUT2D eigenvalue weighted by molar-refractivity contribution is 5.94. The van der Waals surface area contributed by atoms with Gasteiger partial charge >= 0.3 is 0 Å². The standard InChI is InChI=1S/C14H19N3O3/c1-15-8-6-12(7-9-15)16(2)14(18)11-4-3-5-13(10-11)17(19)20/h3-5,10,12H,6-9H2,1-2H3. The van der Waals surface area contributed by atoms with Crippen molar-refractivity contribution >= 4 is 11.6 Å². The molecule has 20 heavy (non-hydrogen) atoms. The molecule has 0 spiro atoms. The smallest absolute Gasteiger partial charge is 0.270 e. The van der Waals surface area contributed by atoms with Gasteiger partial charge in [0.1, 0.15) is 0 Å². The maximum atomic E-state index is 12.4. The molecule has 0 radical (unpaired) electrons. The normalized spacial score (nSPS) is 16.9. The minimum absolute atomic E-state index is 0.0485. The molecule has 1 heterocycles. The van der Waals surface area contributed by atoms with Gasteiger partial charge in [0, 0.05) is 30.8 Å². The number of carbonyl (C=O) groups excluding carboxylic acids is 1. The van der Waals surface area contributed by atoms with Crippen molar-refractivity contribution in [2.45, 2.75) is 18.9 Å². The third-order valence-corrected chi connectivity index (χ3v) is 3.86. The molecule has 0 saturated carbocycles. The molecule has 1 amide bonds. The van der Waals surface area contributed by atoms with Crippen molar-refractivity contribution in [3.63, 3.8) is 0 Å². The molecule has 1 fully saturated rings. The van der Waals surface area contributed by atoms with Crippen LogP contribution in [0.2, 0.25) is 0 Å². The van der Waals surface area contributed by atoms with E-state index in [4.69, 9.17) is 0 Å². The fraction of sp³-hybridized carbons (Fsp3) is 0.500. The number of likely N-dealkylation sites (tertiary alicyclic amines) is 1. The number of non-ortho nitro benzene ring substituents is 1. The molecule has 1 aromatic carbocycles. The van der Waals surface area contributed by atoms with Crippen LogP contribution >= 0.6 is 0 Å². The fourth-order valence-electron chi connectivity index (χ4n) is 2.50. The molecule has 0 atom stereocenters. The predicted molar refractivity (Wildman–Crippen MR) is 75.7 cm³/mol. The summed E-state index contributed by atoms with van der Waals surface area (Å²) in [5.74, 6) is -0.150. The summed E-state index contributed by atoms with van der Waals surface area (Å²) in [6.07, 6.45) is 1.88. The number of benzene rings is 1. The molecular weight excluding hydrogens is 258 g/mol. The lowest BCUT2D eigenvalue weighted by Crippen LogP contribution is -2.44. The maximum absolute atomic E-state index is 12.4. The molecule has 6 nitrogen and oxygen atoms in total. The average molecular weight is 277 g/mol. The second kappa shape index (κ2) is 6.00. The van der Waals surface area contributed by atoms with Gasteiger partial charge in [-0.15, -0.1) is 0 Å². The summed E-state index contributed by atoms with van der Waals surface area (Å²) in [7, 11) is 3.84. The minimum atomic E-state index is -0.480. The average Bonchev–Trinajstić information content (AvgIpc) is 2.46. The largest absolute Gasteiger partial charge is 0.339 e. The van der Waals surface area contributed by atoms with Crippen molar-refractivity contribution in [3.8, 4) is 0 Å². The maximum Gasteiger partial charge on any atom is 0.270 e. The van der Waals surface area contributed by atoms with Crippen molar-refractivity contribution in [1.82, 2.24) is 9.80 Å². The van der Waals surface area contributed by atoms with E-state index in [2.05, 4.69) is 11.9 Å². The number of nitro benzene ring substituents is 1. The van der Waals surface area contributed by atoms with E-state index in [1.807, 2.05) is 0 Å². The van der Waals surface area contributed by atoms with Gasteiger partial charge < -0.3 is 9.80 Å². The van der Waals surface area contributed by atoms with Crippen molar-refractivity contribution in [2.24, 2.45) is 0 Å². The summed E-state index contributed by atoms with van der Waals surface area (Å²) in [5, 5.41) is 10.8. The van der Waals surface area contributed by atoms with E-state index in [9.17, 15) is 14.9 Å². The molecule has 1 saturated heterocycles. The van der Waals surface area contributed by atoms with Crippen molar-refractivity contribution in [1.29, 1.82) is 0 Å². The Hall–Kier alpha value is -1.95. The number of amides is 1. The van der Waals surface area contributed by atoms with E-state index in [-0.39, 0.29) is 17.6 Å². The monoisotopic (exact) mass is 277 g/mol. The Morgan fingerprint density at radius 1 is 1.40 bits per heavy atom. The van der Waals surface area contributed by atoms with Gasteiger partial charge in [-0.25, -0.2) is 0 Å². The Morgan fingerprint density at radius 2 is 2.05 bits per heavy atom. The van der Waals surface area contributed by atoms with Crippen LogP contribution in [0.25, 0.3) is 0 Å². The number of carbonyl (C=O) groups is 1. The van der Waals surface area contributed by atoms with Gasteiger partial charge in [-0.05, 0) is 39.0 Å². The van der Waals surface area contributed by atoms with E-state index in [1.54, 1.807) is 24.1 Å². The lowest BCUT2D eigenvalue weighted by molar-refractivity contribution is -0.384. The first-order valence-corrected chi connectivity index (χ1v) is 6.69. The summed E-state index contributed by atoms with van der Waals surface area (Å²) >= 11 is 0. The molecule has 1 aromatic rings. The zero-order chi connectivity index (χ0) is 14.7. The molecule has 0 bridgehead atoms. The predicted octanol–water partition coefficient (Wildman–Crippen LogP) is 1.76. The minimum Gasteiger partial charge on any atom is -0.339 e. The highest BCUT2D eigenvalue weighted by atomic mass is 16.6. The van der Waals surface area contributed by atoms with Crippen molar-refractivity contribution in [3.05, 3.63) is 39.9 Å². The van der Waals surface area contributed by atoms with Crippen molar-refractivity contribution < 1.29 is 9.72 Å². The SMILES string of the molecule is CN1CCC(N(C)C(=O)c2cccc([N+](=O)[O-])c2)CC1. The van der Waals surface area contributed by atoms with Crippen molar-refractivity contribution in [2.75, 3.05) is 27.2 Å². The Kier molecular flexibility index (Phi) is 4.34. The lowest BCUT2D eigenvalue weighted by atomic mass is 10.0. The molecule has 0 aliphatic carbocycles. The van der Waals surface area contributed by atoms with Gasteiger partial charge in [0.15, 0.2) is 0 Å². The number of nitrogens with zero attached hydrogens (tertiary/aromatic N) is 3. The molecule has 2 rings (SSSR count). The van der Waals surface area contributed by atoms with E-state index >= 15 is 0 Å². The Labute approximate surface area is 118 Å². The molecule has 6 heteroatoms. The first-order valence-electron chi connectivity index (χ1n) is 6.69. The van der Waals surface area contributed by atoms with Gasteiger partial charge in [-0.1, -0.05) is 6.07 Å². The third-order valence-electron chi connectivity index (χ3n) is 3.86. The number of piperidine rings is 1. The van der Waals surface area contributed by atoms with Gasteiger partial charge in [0.2, 0.25) is 0 Å². The molecule has 0 N–H and O–H groups in total. The van der Waals surface area contributed by atoms with E-state index in [1.165, 1.54) is 12.1 Å². The van der Waals surface area contributed by atoms with Crippen LogP contribution in [0.15, 0.2) is 24.3 Å². The Bertz CT molecular complexity index is 510. The van der Waals surface area contributed by atoms with Crippen LogP contribution in [0.4, 0.5) is 5.69 Å². The van der Waals surface area contributed by atoms with E-state index in [0.29, 0.717) is 5.56 Å². The highest BCUT2D eigenvalue weighted by Gasteiger charge is 2.25. The van der Waals surface area contributed by atoms with Crippen LogP contribution in [0, 0.1) is 10.1 Å². The first-order chi connectivity index (χ1) is 9.49. The summed E-state index contributed by atoms with van der Waals surface area (Å²) in [6.45, 7) is 1.94. The topological polar surface area (TPSA) is 66.7 Å². The zero-order valence-corrected chi connectivity index (χ0v) is 11.8. The van der Waals surface area contributed by atoms with Gasteiger partial charge in [-0.3, -0.25) is 14.9 Å². The van der Waals surface area contributed by atoms with Crippen LogP contribution in [0.1, 0.15) is 23.2 Å². The molecule has 1 aliphatic heterocycles. The van der Waals surface area contributed by atoms with E-state index in [0.717, 1.165) is 25.9 Å². The number of hydrogen-bond donors (Lipinski definition) is 0. The van der Waals surface area contributed by atoms with Crippen LogP contribution in [0.3, 0.4) is 0 Å². The van der Waals surface area contributed by atoms with Crippen LogP contribution in [0.5, 0.6) is 0 Å². The van der Waals surface area contributed by atoms with E-state index < -0.39 is 4.92 Å². The Morgan fingerprint density at radius 3 is 2.65 bits per heavy atom. The molecule has 0 aromatic heterocycles. The summed E-state index contributed by atoms with van der Waals surface area (Å²) < 4.78 is 0. The van der Waals surface area contributed by atoms with Gasteiger partial charge in [0.25, 0.3) is 11.6 Å². The molecule has 108 valence electrons. The number of hydrogen-bond acceptors (Lipinski definition) is 4. The lowest BCUT2D eigenvalue weighted by Gasteiger charge is -2.35. The zero-order valence-electron chi connectivity index (χ0n) is 11.8. The number of rotatable bonds is 3. The Balaban J connectivity index is 2.10. The van der Waals surface area contributed by atoms with Gasteiger partial charge in [-0.2, -0.15) is 0 Å². The summed E-state index contributed by atoms with van der Waals surface area (Å²) in [4.78, 5) is 26.6. The van der Waals surface area contributed by atoms with Crippen LogP contribution < -0.4 is 0 Å². The third kappa shape index (κ3) is 3.14. The quantitative estimate of drug-likeness (QED) is 0.623. The fourth-order valence-corrected chi connectivity index (χ4v) is 2.50.